The third-order valence-corrected chi connectivity index (χ3v) is 9.27. The number of guanidine groups is 1. The highest BCUT2D eigenvalue weighted by molar-refractivity contribution is 7.88. The number of nitrogens with zero attached hydrogens (tertiary/aromatic N) is 5. The molecule has 1 atom stereocenters. The molecule has 1 aliphatic heterocycles. The number of nitrogens with one attached hydrogen (secondary N) is 2. The molecule has 15 heteroatoms. The number of carbonyl (C=O) groups is 1. The summed E-state index contributed by atoms with van der Waals surface area (Å²) >= 11 is 12.5. The van der Waals surface area contributed by atoms with Gasteiger partial charge in [-0.15, -0.1) is 0 Å². The average Bonchev–Trinajstić information content (AvgIpc) is 2.92. The Morgan fingerprint density at radius 3 is 2.49 bits per heavy atom. The molecular weight excluding hydrogens is 589 g/mol. The average molecular weight is 623 g/mol. The van der Waals surface area contributed by atoms with Gasteiger partial charge >= 0.3 is 0 Å². The number of carbonyl (C=O) groups excluding carboxylic acids is 1. The molecule has 1 aliphatic carbocycles. The van der Waals surface area contributed by atoms with Crippen molar-refractivity contribution in [2.75, 3.05) is 30.0 Å². The first-order valence-electron chi connectivity index (χ1n) is 13.3. The van der Waals surface area contributed by atoms with Crippen LogP contribution in [0.15, 0.2) is 23.3 Å². The Bertz CT molecular complexity index is 1450. The fourth-order valence-corrected chi connectivity index (χ4v) is 6.72. The van der Waals surface area contributed by atoms with Crippen molar-refractivity contribution in [3.05, 3.63) is 39.6 Å². The van der Waals surface area contributed by atoms with Gasteiger partial charge in [-0.2, -0.15) is 5.26 Å². The second kappa shape index (κ2) is 13.2. The van der Waals surface area contributed by atoms with Crippen molar-refractivity contribution in [2.24, 2.45) is 28.3 Å². The van der Waals surface area contributed by atoms with Crippen molar-refractivity contribution in [3.63, 3.8) is 0 Å². The van der Waals surface area contributed by atoms with E-state index in [4.69, 9.17) is 44.9 Å². The minimum Gasteiger partial charge on any atom is -0.369 e. The Hall–Kier alpha value is -3.18. The lowest BCUT2D eigenvalue weighted by molar-refractivity contribution is -0.122. The van der Waals surface area contributed by atoms with Crippen molar-refractivity contribution < 1.29 is 13.2 Å². The number of hydrogen-bond acceptors (Lipinski definition) is 8. The molecule has 2 heterocycles. The molecule has 1 aromatic heterocycles. The smallest absolute Gasteiger partial charge is 0.223 e. The van der Waals surface area contributed by atoms with Crippen molar-refractivity contribution in [3.8, 4) is 6.07 Å². The molecule has 1 saturated carbocycles. The van der Waals surface area contributed by atoms with Crippen LogP contribution in [0.3, 0.4) is 0 Å². The predicted molar refractivity (Wildman–Crippen MR) is 160 cm³/mol. The monoisotopic (exact) mass is 621 g/mol. The summed E-state index contributed by atoms with van der Waals surface area (Å²) in [7, 11) is -3.30. The van der Waals surface area contributed by atoms with E-state index in [0.717, 1.165) is 38.5 Å². The molecule has 12 nitrogen and oxygen atoms in total. The van der Waals surface area contributed by atoms with Crippen molar-refractivity contribution in [1.82, 2.24) is 14.3 Å². The minimum absolute atomic E-state index is 0.00224. The lowest BCUT2D eigenvalue weighted by Gasteiger charge is -2.31. The van der Waals surface area contributed by atoms with Crippen LogP contribution in [0.5, 0.6) is 0 Å². The lowest BCUT2D eigenvalue weighted by Crippen LogP contribution is -2.44. The van der Waals surface area contributed by atoms with Gasteiger partial charge in [0.25, 0.3) is 0 Å². The number of nitriles is 1. The SMILES string of the molecule is CS(=O)(=O)N1CCC[C@@H](Nc2ncc(NC(N)=Nc3c(Cl)cc(C#N)cc3Cl)c(CC3CCC(C(N)=O)CC3)n2)C1. The summed E-state index contributed by atoms with van der Waals surface area (Å²) in [5, 5.41) is 15.8. The van der Waals surface area contributed by atoms with Crippen molar-refractivity contribution in [2.45, 2.75) is 51.0 Å². The van der Waals surface area contributed by atoms with Gasteiger partial charge in [-0.1, -0.05) is 23.2 Å². The molecular formula is C26H33Cl2N9O3S. The number of primary amides is 1. The highest BCUT2D eigenvalue weighted by Gasteiger charge is 2.28. The molecule has 6 N–H and O–H groups in total. The van der Waals surface area contributed by atoms with E-state index in [-0.39, 0.29) is 45.5 Å². The number of aliphatic imine (C=N–C) groups is 1. The number of halogens is 2. The third-order valence-electron chi connectivity index (χ3n) is 7.43. The second-order valence-electron chi connectivity index (χ2n) is 10.5. The molecule has 4 rings (SSSR count). The fraction of sp³-hybridized carbons (Fsp3) is 0.500. The predicted octanol–water partition coefficient (Wildman–Crippen LogP) is 3.38. The molecule has 2 aromatic rings. The molecule has 1 aromatic carbocycles. The maximum Gasteiger partial charge on any atom is 0.223 e. The molecule has 0 spiro atoms. The number of anilines is 2. The van der Waals surface area contributed by atoms with Gasteiger partial charge in [-0.25, -0.2) is 27.7 Å². The van der Waals surface area contributed by atoms with E-state index in [2.05, 4.69) is 20.6 Å². The van der Waals surface area contributed by atoms with Gasteiger partial charge < -0.3 is 22.1 Å². The summed E-state index contributed by atoms with van der Waals surface area (Å²) in [6.45, 7) is 0.826. The zero-order valence-corrected chi connectivity index (χ0v) is 24.9. The van der Waals surface area contributed by atoms with Crippen LogP contribution in [0.25, 0.3) is 0 Å². The van der Waals surface area contributed by atoms with Gasteiger partial charge in [0.05, 0.1) is 45.5 Å². The first-order valence-corrected chi connectivity index (χ1v) is 15.9. The van der Waals surface area contributed by atoms with Gasteiger partial charge in [-0.05, 0) is 63.0 Å². The Kier molecular flexibility index (Phi) is 9.91. The highest BCUT2D eigenvalue weighted by atomic mass is 35.5. The number of piperidine rings is 1. The molecule has 2 aliphatic rings. The molecule has 0 radical (unpaired) electrons. The number of nitrogens with two attached hydrogens (primary N) is 2. The zero-order valence-electron chi connectivity index (χ0n) is 22.6. The summed E-state index contributed by atoms with van der Waals surface area (Å²) < 4.78 is 25.6. The third kappa shape index (κ3) is 8.19. The quantitative estimate of drug-likeness (QED) is 0.252. The van der Waals surface area contributed by atoms with Crippen LogP contribution < -0.4 is 22.1 Å². The number of sulfonamides is 1. The van der Waals surface area contributed by atoms with E-state index >= 15 is 0 Å². The molecule has 220 valence electrons. The number of benzene rings is 1. The van der Waals surface area contributed by atoms with Crippen LogP contribution in [-0.4, -0.2) is 59.9 Å². The number of rotatable bonds is 8. The topological polar surface area (TPSA) is 192 Å². The van der Waals surface area contributed by atoms with Crippen LogP contribution in [0.4, 0.5) is 17.3 Å². The molecule has 0 unspecified atom stereocenters. The van der Waals surface area contributed by atoms with Crippen LogP contribution in [0.2, 0.25) is 10.0 Å². The first kappa shape index (κ1) is 30.8. The largest absolute Gasteiger partial charge is 0.369 e. The second-order valence-corrected chi connectivity index (χ2v) is 13.3. The molecule has 1 saturated heterocycles. The van der Waals surface area contributed by atoms with Crippen LogP contribution in [0.1, 0.15) is 49.8 Å². The van der Waals surface area contributed by atoms with Gasteiger partial charge in [0.15, 0.2) is 5.96 Å². The van der Waals surface area contributed by atoms with Gasteiger partial charge in [-0.3, -0.25) is 4.79 Å². The van der Waals surface area contributed by atoms with Crippen LogP contribution in [-0.2, 0) is 21.2 Å². The molecule has 1 amide bonds. The van der Waals surface area contributed by atoms with E-state index in [1.807, 2.05) is 6.07 Å². The maximum absolute atomic E-state index is 12.1. The van der Waals surface area contributed by atoms with Crippen LogP contribution in [0, 0.1) is 23.2 Å². The minimum atomic E-state index is -3.30. The maximum atomic E-state index is 12.1. The van der Waals surface area contributed by atoms with Gasteiger partial charge in [0.1, 0.15) is 5.69 Å². The molecule has 2 fully saturated rings. The number of aromatic nitrogens is 2. The summed E-state index contributed by atoms with van der Waals surface area (Å²) in [6.07, 6.45) is 8.02. The molecule has 0 bridgehead atoms. The molecule has 41 heavy (non-hydrogen) atoms. The van der Waals surface area contributed by atoms with Crippen LogP contribution >= 0.6 is 23.2 Å². The van der Waals surface area contributed by atoms with E-state index in [0.29, 0.717) is 42.4 Å². The van der Waals surface area contributed by atoms with E-state index in [1.165, 1.54) is 22.7 Å². The normalized spacial score (nSPS) is 22.1. The standard InChI is InChI=1S/C26H33Cl2N9O3S/c1-41(39,40)37-8-2-3-18(14-37)33-26-32-13-22(21(35-26)11-15-4-6-17(7-5-15)24(30)38)34-25(31)36-23-19(27)9-16(12-29)10-20(23)28/h9-10,13,15,17-18H,2-8,11,14H2,1H3,(H2,30,38)(H3,31,34,36)(H,32,33,35)/t15?,17?,18-/m1/s1. The van der Waals surface area contributed by atoms with Gasteiger partial charge in [0, 0.05) is 25.0 Å². The number of hydrogen-bond donors (Lipinski definition) is 4. The Labute approximate surface area is 249 Å². The highest BCUT2D eigenvalue weighted by Crippen LogP contribution is 2.35. The fourth-order valence-electron chi connectivity index (χ4n) is 5.24. The van der Waals surface area contributed by atoms with E-state index in [1.54, 1.807) is 6.20 Å². The Morgan fingerprint density at radius 2 is 1.88 bits per heavy atom. The summed E-state index contributed by atoms with van der Waals surface area (Å²) in [5.74, 6) is 0.271. The summed E-state index contributed by atoms with van der Waals surface area (Å²) in [5.41, 5.74) is 13.5. The zero-order chi connectivity index (χ0) is 29.7. The van der Waals surface area contributed by atoms with E-state index in [9.17, 15) is 13.2 Å². The van der Waals surface area contributed by atoms with Gasteiger partial charge in [0.2, 0.25) is 21.9 Å². The van der Waals surface area contributed by atoms with E-state index < -0.39 is 10.0 Å². The Morgan fingerprint density at radius 1 is 1.20 bits per heavy atom. The number of amides is 1. The summed E-state index contributed by atoms with van der Waals surface area (Å²) in [6, 6.07) is 4.75. The lowest BCUT2D eigenvalue weighted by atomic mass is 9.79. The summed E-state index contributed by atoms with van der Waals surface area (Å²) in [4.78, 5) is 25.2. The Balaban J connectivity index is 1.57. The van der Waals surface area contributed by atoms with Crippen molar-refractivity contribution in [1.29, 1.82) is 5.26 Å². The van der Waals surface area contributed by atoms with Crippen molar-refractivity contribution >= 4 is 62.4 Å². The first-order chi connectivity index (χ1) is 19.4.